The Morgan fingerprint density at radius 3 is 2.65 bits per heavy atom. The van der Waals surface area contributed by atoms with Crippen LogP contribution in [0.3, 0.4) is 0 Å². The quantitative estimate of drug-likeness (QED) is 0.678. The minimum atomic E-state index is 0.302. The highest BCUT2D eigenvalue weighted by molar-refractivity contribution is 5.73. The molecule has 1 aromatic carbocycles. The monoisotopic (exact) mass is 268 g/mol. The molecule has 0 aliphatic heterocycles. The second-order valence-corrected chi connectivity index (χ2v) is 4.26. The fourth-order valence-electron chi connectivity index (χ4n) is 1.89. The number of aromatic nitrogens is 2. The van der Waals surface area contributed by atoms with Gasteiger partial charge in [0.15, 0.2) is 12.0 Å². The first-order valence-corrected chi connectivity index (χ1v) is 6.28. The van der Waals surface area contributed by atoms with Crippen LogP contribution in [0.5, 0.6) is 0 Å². The smallest absolute Gasteiger partial charge is 0.247 e. The Bertz CT molecular complexity index is 743. The van der Waals surface area contributed by atoms with Gasteiger partial charge in [-0.25, -0.2) is 0 Å². The normalized spacial score (nSPS) is 10.7. The second-order valence-electron chi connectivity index (χ2n) is 4.26. The van der Waals surface area contributed by atoms with E-state index in [9.17, 15) is 4.79 Å². The summed E-state index contributed by atoms with van der Waals surface area (Å²) in [5.41, 5.74) is 1.67. The van der Waals surface area contributed by atoms with Crippen molar-refractivity contribution in [2.75, 3.05) is 0 Å². The highest BCUT2D eigenvalue weighted by Gasteiger charge is 2.10. The second kappa shape index (κ2) is 5.13. The summed E-state index contributed by atoms with van der Waals surface area (Å²) >= 11 is 0. The van der Waals surface area contributed by atoms with Crippen molar-refractivity contribution in [1.29, 1.82) is 0 Å². The molecule has 0 radical (unpaired) electrons. The fraction of sp³-hybridized carbons (Fsp3) is 0.133. The van der Waals surface area contributed by atoms with Crippen molar-refractivity contribution < 1.29 is 13.6 Å². The summed E-state index contributed by atoms with van der Waals surface area (Å²) < 4.78 is 10.9. The SMILES string of the molecule is CCc1nnc(-c2cccc(-c3ccc(C=O)o3)c2)o1. The average Bonchev–Trinajstić information content (AvgIpc) is 3.16. The molecule has 0 atom stereocenters. The molecule has 5 nitrogen and oxygen atoms in total. The zero-order valence-corrected chi connectivity index (χ0v) is 10.9. The van der Waals surface area contributed by atoms with Gasteiger partial charge in [-0.15, -0.1) is 10.2 Å². The molecule has 0 spiro atoms. The Morgan fingerprint density at radius 2 is 1.95 bits per heavy atom. The van der Waals surface area contributed by atoms with E-state index in [-0.39, 0.29) is 0 Å². The summed E-state index contributed by atoms with van der Waals surface area (Å²) in [7, 11) is 0. The minimum Gasteiger partial charge on any atom is -0.453 e. The molecular weight excluding hydrogens is 256 g/mol. The zero-order valence-electron chi connectivity index (χ0n) is 10.9. The molecule has 20 heavy (non-hydrogen) atoms. The third-order valence-corrected chi connectivity index (χ3v) is 2.91. The van der Waals surface area contributed by atoms with E-state index < -0.39 is 0 Å². The molecule has 100 valence electrons. The molecule has 0 aliphatic carbocycles. The lowest BCUT2D eigenvalue weighted by atomic mass is 10.1. The van der Waals surface area contributed by atoms with Gasteiger partial charge in [0.05, 0.1) is 0 Å². The summed E-state index contributed by atoms with van der Waals surface area (Å²) in [5.74, 6) is 2.01. The zero-order chi connectivity index (χ0) is 13.9. The Balaban J connectivity index is 1.98. The van der Waals surface area contributed by atoms with Gasteiger partial charge in [0, 0.05) is 17.5 Å². The molecule has 0 saturated carbocycles. The summed E-state index contributed by atoms with van der Waals surface area (Å²) in [6.45, 7) is 1.96. The summed E-state index contributed by atoms with van der Waals surface area (Å²) in [6, 6.07) is 10.9. The van der Waals surface area contributed by atoms with E-state index in [1.807, 2.05) is 31.2 Å². The van der Waals surface area contributed by atoms with Gasteiger partial charge in [-0.3, -0.25) is 4.79 Å². The van der Waals surface area contributed by atoms with Crippen LogP contribution in [-0.2, 0) is 6.42 Å². The maximum absolute atomic E-state index is 10.6. The van der Waals surface area contributed by atoms with E-state index in [0.29, 0.717) is 36.0 Å². The van der Waals surface area contributed by atoms with Crippen LogP contribution < -0.4 is 0 Å². The lowest BCUT2D eigenvalue weighted by Crippen LogP contribution is -1.80. The number of furan rings is 1. The van der Waals surface area contributed by atoms with Crippen molar-refractivity contribution in [1.82, 2.24) is 10.2 Å². The molecule has 0 aliphatic rings. The van der Waals surface area contributed by atoms with Crippen molar-refractivity contribution in [3.63, 3.8) is 0 Å². The number of carbonyl (C=O) groups is 1. The molecule has 0 amide bonds. The van der Waals surface area contributed by atoms with Crippen LogP contribution in [0.1, 0.15) is 23.4 Å². The third-order valence-electron chi connectivity index (χ3n) is 2.91. The van der Waals surface area contributed by atoms with E-state index in [2.05, 4.69) is 10.2 Å². The first-order chi connectivity index (χ1) is 9.80. The molecule has 0 fully saturated rings. The predicted octanol–water partition coefficient (Wildman–Crippen LogP) is 3.37. The van der Waals surface area contributed by atoms with E-state index in [1.54, 1.807) is 12.1 Å². The Hall–Kier alpha value is -2.69. The lowest BCUT2D eigenvalue weighted by Gasteiger charge is -1.99. The topological polar surface area (TPSA) is 69.1 Å². The number of hydrogen-bond acceptors (Lipinski definition) is 5. The molecule has 2 heterocycles. The van der Waals surface area contributed by atoms with Crippen LogP contribution >= 0.6 is 0 Å². The molecule has 0 bridgehead atoms. The van der Waals surface area contributed by atoms with Crippen molar-refractivity contribution >= 4 is 6.29 Å². The van der Waals surface area contributed by atoms with E-state index in [4.69, 9.17) is 8.83 Å². The maximum atomic E-state index is 10.6. The molecule has 0 unspecified atom stereocenters. The van der Waals surface area contributed by atoms with Gasteiger partial charge in [0.1, 0.15) is 5.76 Å². The number of rotatable bonds is 4. The van der Waals surface area contributed by atoms with Crippen LogP contribution in [0.25, 0.3) is 22.8 Å². The predicted molar refractivity (Wildman–Crippen MR) is 72.2 cm³/mol. The van der Waals surface area contributed by atoms with Crippen LogP contribution in [-0.4, -0.2) is 16.5 Å². The Kier molecular flexibility index (Phi) is 3.16. The Morgan fingerprint density at radius 1 is 1.10 bits per heavy atom. The summed E-state index contributed by atoms with van der Waals surface area (Å²) in [4.78, 5) is 10.6. The van der Waals surface area contributed by atoms with Crippen molar-refractivity contribution in [2.45, 2.75) is 13.3 Å². The number of carbonyl (C=O) groups excluding carboxylic acids is 1. The molecule has 3 aromatic rings. The van der Waals surface area contributed by atoms with Crippen molar-refractivity contribution in [3.05, 3.63) is 48.0 Å². The molecule has 5 heteroatoms. The number of hydrogen-bond donors (Lipinski definition) is 0. The molecule has 2 aromatic heterocycles. The van der Waals surface area contributed by atoms with Crippen LogP contribution in [0.2, 0.25) is 0 Å². The highest BCUT2D eigenvalue weighted by Crippen LogP contribution is 2.26. The highest BCUT2D eigenvalue weighted by atomic mass is 16.4. The summed E-state index contributed by atoms with van der Waals surface area (Å²) in [5, 5.41) is 7.95. The average molecular weight is 268 g/mol. The first-order valence-electron chi connectivity index (χ1n) is 6.28. The number of nitrogens with zero attached hydrogens (tertiary/aromatic N) is 2. The van der Waals surface area contributed by atoms with Gasteiger partial charge in [0.2, 0.25) is 11.8 Å². The molecule has 3 rings (SSSR count). The summed E-state index contributed by atoms with van der Waals surface area (Å²) in [6.07, 6.45) is 1.38. The number of benzene rings is 1. The number of aldehydes is 1. The first kappa shape index (κ1) is 12.3. The van der Waals surface area contributed by atoms with Gasteiger partial charge < -0.3 is 8.83 Å². The van der Waals surface area contributed by atoms with Crippen LogP contribution in [0, 0.1) is 0 Å². The van der Waals surface area contributed by atoms with Gasteiger partial charge in [-0.1, -0.05) is 19.1 Å². The van der Waals surface area contributed by atoms with Crippen molar-refractivity contribution in [3.8, 4) is 22.8 Å². The molecule has 0 saturated heterocycles. The third kappa shape index (κ3) is 2.25. The lowest BCUT2D eigenvalue weighted by molar-refractivity contribution is 0.110. The van der Waals surface area contributed by atoms with Gasteiger partial charge in [0.25, 0.3) is 0 Å². The largest absolute Gasteiger partial charge is 0.453 e. The standard InChI is InChI=1S/C15H12N2O3/c1-2-14-16-17-15(20-14)11-5-3-4-10(8-11)13-7-6-12(9-18)19-13/h3-9H,2H2,1H3. The van der Waals surface area contributed by atoms with Gasteiger partial charge >= 0.3 is 0 Å². The van der Waals surface area contributed by atoms with Gasteiger partial charge in [-0.2, -0.15) is 0 Å². The molecule has 0 N–H and O–H groups in total. The van der Waals surface area contributed by atoms with Gasteiger partial charge in [-0.05, 0) is 24.3 Å². The Labute approximate surface area is 115 Å². The van der Waals surface area contributed by atoms with Crippen molar-refractivity contribution in [2.24, 2.45) is 0 Å². The fourth-order valence-corrected chi connectivity index (χ4v) is 1.89. The maximum Gasteiger partial charge on any atom is 0.247 e. The van der Waals surface area contributed by atoms with E-state index in [1.165, 1.54) is 0 Å². The number of aryl methyl sites for hydroxylation is 1. The van der Waals surface area contributed by atoms with Crippen LogP contribution in [0.15, 0.2) is 45.2 Å². The molecular formula is C15H12N2O3. The van der Waals surface area contributed by atoms with E-state index >= 15 is 0 Å². The minimum absolute atomic E-state index is 0.302. The van der Waals surface area contributed by atoms with Crippen LogP contribution in [0.4, 0.5) is 0 Å². The van der Waals surface area contributed by atoms with E-state index in [0.717, 1.165) is 11.1 Å².